The number of aromatic amines is 1. The minimum atomic E-state index is -3.61. The lowest BCUT2D eigenvalue weighted by Gasteiger charge is -2.15. The number of hydrogen-bond donors (Lipinski definition) is 3. The monoisotopic (exact) mass is 261 g/mol. The number of H-pyrrole nitrogens is 1. The van der Waals surface area contributed by atoms with Gasteiger partial charge in [-0.3, -0.25) is 4.79 Å². The van der Waals surface area contributed by atoms with Crippen LogP contribution >= 0.6 is 0 Å². The van der Waals surface area contributed by atoms with Crippen LogP contribution in [0.2, 0.25) is 0 Å². The number of carboxylic acid groups (broad SMARTS) is 1. The van der Waals surface area contributed by atoms with E-state index in [1.165, 1.54) is 26.4 Å². The number of sulfonamides is 1. The second-order valence-corrected chi connectivity index (χ2v) is 6.15. The lowest BCUT2D eigenvalue weighted by atomic mass is 10.2. The van der Waals surface area contributed by atoms with Crippen molar-refractivity contribution in [2.75, 3.05) is 0 Å². The van der Waals surface area contributed by atoms with Gasteiger partial charge in [0.2, 0.25) is 10.0 Å². The molecule has 1 heterocycles. The number of nitrogens with zero attached hydrogens (tertiary/aromatic N) is 1. The minimum absolute atomic E-state index is 0.0291. The second kappa shape index (κ2) is 5.28. The standard InChI is InChI=1S/C9H15N3O4S/c1-6(2)17(15,16)12-8(9(13)14)3-7-4-10-5-11-7/h4-6,8,12H,3H2,1-2H3,(H,10,11)(H,13,14). The normalized spacial score (nSPS) is 13.8. The van der Waals surface area contributed by atoms with Crippen molar-refractivity contribution in [1.29, 1.82) is 0 Å². The van der Waals surface area contributed by atoms with Crippen LogP contribution in [0.15, 0.2) is 12.5 Å². The SMILES string of the molecule is CC(C)S(=O)(=O)NC(Cc1cnc[nH]1)C(=O)O. The average Bonchev–Trinajstić information content (AvgIpc) is 2.68. The van der Waals surface area contributed by atoms with Gasteiger partial charge >= 0.3 is 5.97 Å². The zero-order valence-corrected chi connectivity index (χ0v) is 10.4. The van der Waals surface area contributed by atoms with Gasteiger partial charge in [0.25, 0.3) is 0 Å². The largest absolute Gasteiger partial charge is 0.480 e. The third-order valence-electron chi connectivity index (χ3n) is 2.20. The van der Waals surface area contributed by atoms with E-state index in [2.05, 4.69) is 14.7 Å². The van der Waals surface area contributed by atoms with Gasteiger partial charge in [-0.25, -0.2) is 18.1 Å². The summed E-state index contributed by atoms with van der Waals surface area (Å²) in [5, 5.41) is 8.28. The Morgan fingerprint density at radius 1 is 1.59 bits per heavy atom. The molecule has 1 rings (SSSR count). The Bertz CT molecular complexity index is 466. The van der Waals surface area contributed by atoms with Gasteiger partial charge in [0.1, 0.15) is 6.04 Å². The Morgan fingerprint density at radius 3 is 2.65 bits per heavy atom. The Morgan fingerprint density at radius 2 is 2.24 bits per heavy atom. The van der Waals surface area contributed by atoms with Gasteiger partial charge in [-0.2, -0.15) is 0 Å². The van der Waals surface area contributed by atoms with E-state index in [0.29, 0.717) is 5.69 Å². The van der Waals surface area contributed by atoms with Gasteiger partial charge in [0, 0.05) is 18.3 Å². The number of rotatable bonds is 6. The summed E-state index contributed by atoms with van der Waals surface area (Å²) in [6.45, 7) is 2.97. The maximum Gasteiger partial charge on any atom is 0.322 e. The first-order valence-corrected chi connectivity index (χ1v) is 6.58. The maximum atomic E-state index is 11.6. The molecule has 1 unspecified atom stereocenters. The number of imidazole rings is 1. The fourth-order valence-corrected chi connectivity index (χ4v) is 1.98. The Hall–Kier alpha value is -1.41. The molecule has 0 aromatic carbocycles. The molecule has 17 heavy (non-hydrogen) atoms. The first kappa shape index (κ1) is 13.7. The van der Waals surface area contributed by atoms with Crippen LogP contribution in [0.5, 0.6) is 0 Å². The quantitative estimate of drug-likeness (QED) is 0.652. The summed E-state index contributed by atoms with van der Waals surface area (Å²) >= 11 is 0. The van der Waals surface area contributed by atoms with Gasteiger partial charge in [0.05, 0.1) is 11.6 Å². The highest BCUT2D eigenvalue weighted by atomic mass is 32.2. The van der Waals surface area contributed by atoms with Crippen molar-refractivity contribution < 1.29 is 18.3 Å². The molecule has 96 valence electrons. The summed E-state index contributed by atoms with van der Waals surface area (Å²) in [6, 6.07) is -1.19. The maximum absolute atomic E-state index is 11.6. The molecule has 0 fully saturated rings. The topological polar surface area (TPSA) is 112 Å². The molecule has 3 N–H and O–H groups in total. The summed E-state index contributed by atoms with van der Waals surface area (Å²) < 4.78 is 25.3. The van der Waals surface area contributed by atoms with Crippen molar-refractivity contribution in [1.82, 2.24) is 14.7 Å². The van der Waals surface area contributed by atoms with Crippen LogP contribution in [0, 0.1) is 0 Å². The minimum Gasteiger partial charge on any atom is -0.480 e. The van der Waals surface area contributed by atoms with E-state index >= 15 is 0 Å². The molecular formula is C9H15N3O4S. The average molecular weight is 261 g/mol. The predicted molar refractivity (Wildman–Crippen MR) is 60.9 cm³/mol. The number of aromatic nitrogens is 2. The number of carbonyl (C=O) groups is 1. The molecule has 0 spiro atoms. The van der Waals surface area contributed by atoms with E-state index in [1.54, 1.807) is 0 Å². The molecule has 0 aliphatic rings. The van der Waals surface area contributed by atoms with Crippen LogP contribution in [0.4, 0.5) is 0 Å². The van der Waals surface area contributed by atoms with Crippen LogP contribution in [-0.2, 0) is 21.2 Å². The Kier molecular flexibility index (Phi) is 4.24. The first-order valence-electron chi connectivity index (χ1n) is 5.04. The van der Waals surface area contributed by atoms with Crippen molar-refractivity contribution in [3.8, 4) is 0 Å². The molecule has 0 aliphatic carbocycles. The second-order valence-electron chi connectivity index (χ2n) is 3.88. The summed E-state index contributed by atoms with van der Waals surface area (Å²) in [5.74, 6) is -1.22. The summed E-state index contributed by atoms with van der Waals surface area (Å²) in [6.07, 6.45) is 2.89. The van der Waals surface area contributed by atoms with E-state index in [-0.39, 0.29) is 6.42 Å². The molecule has 1 aromatic rings. The van der Waals surface area contributed by atoms with E-state index in [1.807, 2.05) is 0 Å². The number of hydrogen-bond acceptors (Lipinski definition) is 4. The molecule has 8 heteroatoms. The fraction of sp³-hybridized carbons (Fsp3) is 0.556. The van der Waals surface area contributed by atoms with Crippen LogP contribution < -0.4 is 4.72 Å². The molecule has 0 bridgehead atoms. The third kappa shape index (κ3) is 3.82. The van der Waals surface area contributed by atoms with Crippen LogP contribution in [0.1, 0.15) is 19.5 Å². The molecule has 0 saturated heterocycles. The smallest absolute Gasteiger partial charge is 0.322 e. The summed E-state index contributed by atoms with van der Waals surface area (Å²) in [4.78, 5) is 17.4. The molecule has 1 atom stereocenters. The lowest BCUT2D eigenvalue weighted by Crippen LogP contribution is -2.45. The van der Waals surface area contributed by atoms with Crippen LogP contribution in [-0.4, -0.2) is 40.8 Å². The number of carboxylic acids is 1. The summed E-state index contributed by atoms with van der Waals surface area (Å²) in [5.41, 5.74) is 0.559. The highest BCUT2D eigenvalue weighted by Crippen LogP contribution is 2.03. The van der Waals surface area contributed by atoms with Gasteiger partial charge in [0.15, 0.2) is 0 Å². The number of aliphatic carboxylic acids is 1. The van der Waals surface area contributed by atoms with Gasteiger partial charge in [-0.05, 0) is 13.8 Å². The highest BCUT2D eigenvalue weighted by Gasteiger charge is 2.26. The van der Waals surface area contributed by atoms with Gasteiger partial charge < -0.3 is 10.1 Å². The van der Waals surface area contributed by atoms with Gasteiger partial charge in [-0.15, -0.1) is 0 Å². The number of nitrogens with one attached hydrogen (secondary N) is 2. The molecule has 1 aromatic heterocycles. The predicted octanol–water partition coefficient (Wildman–Crippen LogP) is -0.267. The van der Waals surface area contributed by atoms with Crippen molar-refractivity contribution in [3.05, 3.63) is 18.2 Å². The van der Waals surface area contributed by atoms with Crippen LogP contribution in [0.25, 0.3) is 0 Å². The lowest BCUT2D eigenvalue weighted by molar-refractivity contribution is -0.138. The highest BCUT2D eigenvalue weighted by molar-refractivity contribution is 7.90. The zero-order chi connectivity index (χ0) is 13.1. The third-order valence-corrected chi connectivity index (χ3v) is 4.06. The van der Waals surface area contributed by atoms with E-state index < -0.39 is 27.3 Å². The van der Waals surface area contributed by atoms with Crippen molar-refractivity contribution in [2.24, 2.45) is 0 Å². The van der Waals surface area contributed by atoms with E-state index in [0.717, 1.165) is 0 Å². The zero-order valence-electron chi connectivity index (χ0n) is 9.54. The van der Waals surface area contributed by atoms with Crippen molar-refractivity contribution >= 4 is 16.0 Å². The molecule has 0 radical (unpaired) electrons. The van der Waals surface area contributed by atoms with Crippen LogP contribution in [0.3, 0.4) is 0 Å². The molecule has 7 nitrogen and oxygen atoms in total. The van der Waals surface area contributed by atoms with E-state index in [9.17, 15) is 13.2 Å². The molecular weight excluding hydrogens is 246 g/mol. The van der Waals surface area contributed by atoms with Crippen molar-refractivity contribution in [3.63, 3.8) is 0 Å². The summed E-state index contributed by atoms with van der Waals surface area (Å²) in [7, 11) is -3.61. The molecule has 0 aliphatic heterocycles. The molecule has 0 amide bonds. The first-order chi connectivity index (χ1) is 7.83. The van der Waals surface area contributed by atoms with Gasteiger partial charge in [-0.1, -0.05) is 0 Å². The van der Waals surface area contributed by atoms with E-state index in [4.69, 9.17) is 5.11 Å². The molecule has 0 saturated carbocycles. The fourth-order valence-electron chi connectivity index (χ4n) is 1.13. The Labute approximate surface area is 99.3 Å². The Balaban J connectivity index is 2.78. The van der Waals surface area contributed by atoms with Crippen molar-refractivity contribution in [2.45, 2.75) is 31.6 Å².